The molecule has 2 heterocycles. The number of amides is 2. The lowest BCUT2D eigenvalue weighted by Crippen LogP contribution is -2.29. The SMILES string of the molecule is NCC#Cc1ccc(C#CCN2C(=O)c3ccccc3C2=O)o1. The van der Waals surface area contributed by atoms with E-state index in [0.717, 1.165) is 4.90 Å². The summed E-state index contributed by atoms with van der Waals surface area (Å²) in [6, 6.07) is 10.1. The number of fused-ring (bicyclic) bond motifs is 1. The van der Waals surface area contributed by atoms with Crippen LogP contribution in [0.15, 0.2) is 40.8 Å². The van der Waals surface area contributed by atoms with Crippen molar-refractivity contribution in [2.45, 2.75) is 0 Å². The summed E-state index contributed by atoms with van der Waals surface area (Å²) in [4.78, 5) is 25.4. The molecule has 0 radical (unpaired) electrons. The maximum Gasteiger partial charge on any atom is 0.262 e. The molecule has 0 saturated carbocycles. The van der Waals surface area contributed by atoms with Crippen LogP contribution in [0.1, 0.15) is 32.2 Å². The van der Waals surface area contributed by atoms with Crippen molar-refractivity contribution < 1.29 is 14.0 Å². The van der Waals surface area contributed by atoms with Gasteiger partial charge in [-0.15, -0.1) is 0 Å². The van der Waals surface area contributed by atoms with E-state index in [1.807, 2.05) is 0 Å². The highest BCUT2D eigenvalue weighted by atomic mass is 16.3. The van der Waals surface area contributed by atoms with Crippen LogP contribution in [0.25, 0.3) is 0 Å². The van der Waals surface area contributed by atoms with Gasteiger partial charge in [-0.3, -0.25) is 14.5 Å². The van der Waals surface area contributed by atoms with Gasteiger partial charge in [-0.2, -0.15) is 0 Å². The van der Waals surface area contributed by atoms with Crippen molar-refractivity contribution in [3.63, 3.8) is 0 Å². The number of rotatable bonds is 1. The van der Waals surface area contributed by atoms with Gasteiger partial charge in [0.1, 0.15) is 0 Å². The Kier molecular flexibility index (Phi) is 3.97. The minimum absolute atomic E-state index is 0.0108. The maximum absolute atomic E-state index is 12.2. The van der Waals surface area contributed by atoms with Crippen LogP contribution in [0.5, 0.6) is 0 Å². The van der Waals surface area contributed by atoms with Crippen molar-refractivity contribution in [3.05, 3.63) is 59.0 Å². The van der Waals surface area contributed by atoms with Crippen LogP contribution in [0.3, 0.4) is 0 Å². The Morgan fingerprint density at radius 2 is 1.48 bits per heavy atom. The van der Waals surface area contributed by atoms with Crippen molar-refractivity contribution in [1.82, 2.24) is 4.90 Å². The molecule has 1 aromatic heterocycles. The van der Waals surface area contributed by atoms with Gasteiger partial charge in [-0.05, 0) is 36.1 Å². The largest absolute Gasteiger partial charge is 0.439 e. The van der Waals surface area contributed by atoms with Gasteiger partial charge >= 0.3 is 0 Å². The van der Waals surface area contributed by atoms with Crippen LogP contribution >= 0.6 is 0 Å². The summed E-state index contributed by atoms with van der Waals surface area (Å²) in [5, 5.41) is 0. The standard InChI is InChI=1S/C18H12N2O3/c19-11-3-5-13-9-10-14(23-13)6-4-12-20-17(21)15-7-1-2-8-16(15)18(20)22/h1-2,7-10H,11-12,19H2. The smallest absolute Gasteiger partial charge is 0.262 e. The van der Waals surface area contributed by atoms with Gasteiger partial charge in [0.25, 0.3) is 11.8 Å². The summed E-state index contributed by atoms with van der Waals surface area (Å²) in [6.45, 7) is 0.262. The third-order valence-electron chi connectivity index (χ3n) is 3.25. The molecule has 5 heteroatoms. The van der Waals surface area contributed by atoms with Crippen LogP contribution in [0.4, 0.5) is 0 Å². The van der Waals surface area contributed by atoms with E-state index in [1.54, 1.807) is 36.4 Å². The van der Waals surface area contributed by atoms with Crippen LogP contribution in [-0.4, -0.2) is 29.8 Å². The van der Waals surface area contributed by atoms with Gasteiger partial charge in [-0.25, -0.2) is 0 Å². The zero-order valence-electron chi connectivity index (χ0n) is 12.1. The van der Waals surface area contributed by atoms with Crippen LogP contribution in [-0.2, 0) is 0 Å². The fourth-order valence-corrected chi connectivity index (χ4v) is 2.20. The Morgan fingerprint density at radius 3 is 2.04 bits per heavy atom. The predicted molar refractivity (Wildman–Crippen MR) is 83.3 cm³/mol. The zero-order valence-corrected chi connectivity index (χ0v) is 12.1. The first-order chi connectivity index (χ1) is 11.2. The van der Waals surface area contributed by atoms with E-state index in [4.69, 9.17) is 10.2 Å². The van der Waals surface area contributed by atoms with E-state index in [1.165, 1.54) is 0 Å². The average Bonchev–Trinajstić information content (AvgIpc) is 3.12. The van der Waals surface area contributed by atoms with Crippen molar-refractivity contribution in [2.24, 2.45) is 5.73 Å². The molecule has 3 rings (SSSR count). The van der Waals surface area contributed by atoms with Crippen molar-refractivity contribution in [2.75, 3.05) is 13.1 Å². The van der Waals surface area contributed by atoms with E-state index in [0.29, 0.717) is 22.6 Å². The molecule has 1 aliphatic heterocycles. The second kappa shape index (κ2) is 6.23. The minimum Gasteiger partial charge on any atom is -0.439 e. The molecule has 2 aromatic rings. The molecule has 2 amide bonds. The predicted octanol–water partition coefficient (Wildman–Crippen LogP) is 1.24. The van der Waals surface area contributed by atoms with Crippen LogP contribution in [0.2, 0.25) is 0 Å². The summed E-state index contributed by atoms with van der Waals surface area (Å²) >= 11 is 0. The molecular weight excluding hydrogens is 292 g/mol. The van der Waals surface area contributed by atoms with E-state index in [2.05, 4.69) is 23.7 Å². The lowest BCUT2D eigenvalue weighted by atomic mass is 10.1. The number of carbonyl (C=O) groups is 2. The van der Waals surface area contributed by atoms with Crippen LogP contribution < -0.4 is 5.73 Å². The van der Waals surface area contributed by atoms with Crippen molar-refractivity contribution in [3.8, 4) is 23.7 Å². The number of hydrogen-bond donors (Lipinski definition) is 1. The Morgan fingerprint density at radius 1 is 0.913 bits per heavy atom. The molecule has 2 N–H and O–H groups in total. The number of benzene rings is 1. The molecule has 0 saturated heterocycles. The Hall–Kier alpha value is -3.28. The molecule has 0 aliphatic carbocycles. The highest BCUT2D eigenvalue weighted by Crippen LogP contribution is 2.21. The second-order valence-electron chi connectivity index (χ2n) is 4.71. The number of nitrogens with zero attached hydrogens (tertiary/aromatic N) is 1. The van der Waals surface area contributed by atoms with E-state index < -0.39 is 0 Å². The van der Waals surface area contributed by atoms with Crippen molar-refractivity contribution in [1.29, 1.82) is 0 Å². The fourth-order valence-electron chi connectivity index (χ4n) is 2.20. The first-order valence-corrected chi connectivity index (χ1v) is 6.93. The number of carbonyl (C=O) groups excluding carboxylic acids is 2. The lowest BCUT2D eigenvalue weighted by molar-refractivity contribution is 0.0675. The van der Waals surface area contributed by atoms with Gasteiger partial charge in [0.2, 0.25) is 0 Å². The van der Waals surface area contributed by atoms with Gasteiger partial charge in [0.05, 0.1) is 24.2 Å². The molecule has 1 aromatic carbocycles. The molecule has 0 bridgehead atoms. The van der Waals surface area contributed by atoms with Crippen LogP contribution in [0, 0.1) is 23.7 Å². The number of imide groups is 1. The summed E-state index contributed by atoms with van der Waals surface area (Å²) < 4.78 is 5.37. The molecule has 23 heavy (non-hydrogen) atoms. The Balaban J connectivity index is 1.72. The topological polar surface area (TPSA) is 76.5 Å². The molecule has 0 fully saturated rings. The third-order valence-corrected chi connectivity index (χ3v) is 3.25. The molecule has 112 valence electrons. The molecule has 0 unspecified atom stereocenters. The average molecular weight is 304 g/mol. The number of furan rings is 1. The van der Waals surface area contributed by atoms with Gasteiger partial charge in [0.15, 0.2) is 11.5 Å². The Labute approximate surface area is 133 Å². The quantitative estimate of drug-likeness (QED) is 0.635. The summed E-state index contributed by atoms with van der Waals surface area (Å²) in [6.07, 6.45) is 0. The zero-order chi connectivity index (χ0) is 16.2. The molecule has 5 nitrogen and oxygen atoms in total. The summed E-state index contributed by atoms with van der Waals surface area (Å²) in [5.74, 6) is 11.2. The highest BCUT2D eigenvalue weighted by Gasteiger charge is 2.34. The minimum atomic E-state index is -0.325. The Bertz CT molecular complexity index is 868. The summed E-state index contributed by atoms with van der Waals surface area (Å²) in [5.41, 5.74) is 6.11. The molecule has 0 atom stereocenters. The number of hydrogen-bond acceptors (Lipinski definition) is 4. The highest BCUT2D eigenvalue weighted by molar-refractivity contribution is 6.21. The third kappa shape index (κ3) is 2.87. The summed E-state index contributed by atoms with van der Waals surface area (Å²) in [7, 11) is 0. The molecular formula is C18H12N2O3. The first-order valence-electron chi connectivity index (χ1n) is 6.93. The molecule has 0 spiro atoms. The van der Waals surface area contributed by atoms with E-state index in [-0.39, 0.29) is 24.9 Å². The fraction of sp³-hybridized carbons (Fsp3) is 0.111. The van der Waals surface area contributed by atoms with E-state index in [9.17, 15) is 9.59 Å². The van der Waals surface area contributed by atoms with Crippen molar-refractivity contribution >= 4 is 11.8 Å². The maximum atomic E-state index is 12.2. The normalized spacial score (nSPS) is 12.3. The van der Waals surface area contributed by atoms with Gasteiger partial charge < -0.3 is 10.2 Å². The molecule has 1 aliphatic rings. The van der Waals surface area contributed by atoms with E-state index >= 15 is 0 Å². The van der Waals surface area contributed by atoms with Gasteiger partial charge in [-0.1, -0.05) is 24.0 Å². The van der Waals surface area contributed by atoms with Gasteiger partial charge in [0, 0.05) is 0 Å². The monoisotopic (exact) mass is 304 g/mol. The lowest BCUT2D eigenvalue weighted by Gasteiger charge is -2.08. The first kappa shape index (κ1) is 14.6. The number of nitrogens with two attached hydrogens (primary N) is 1. The second-order valence-corrected chi connectivity index (χ2v) is 4.71.